The van der Waals surface area contributed by atoms with Crippen LogP contribution in [0.1, 0.15) is 61.6 Å². The lowest BCUT2D eigenvalue weighted by Gasteiger charge is -2.22. The van der Waals surface area contributed by atoms with Crippen molar-refractivity contribution in [2.24, 2.45) is 11.6 Å². The van der Waals surface area contributed by atoms with E-state index >= 15 is 0 Å². The average molecular weight is 261 g/mol. The van der Waals surface area contributed by atoms with Crippen LogP contribution in [-0.2, 0) is 4.79 Å². The fraction of sp³-hybridized carbons (Fsp3) is 0.533. The first kappa shape index (κ1) is 14.0. The SMILES string of the molecule is NNC(=O)CC(N)c1ccc(C2CCCCC2)cc1. The molecule has 0 radical (unpaired) electrons. The maximum absolute atomic E-state index is 11.2. The first-order valence-electron chi connectivity index (χ1n) is 7.05. The van der Waals surface area contributed by atoms with Gasteiger partial charge in [0.2, 0.25) is 5.91 Å². The molecule has 1 aliphatic carbocycles. The molecule has 5 N–H and O–H groups in total. The predicted octanol–water partition coefficient (Wildman–Crippen LogP) is 2.11. The summed E-state index contributed by atoms with van der Waals surface area (Å²) in [5.74, 6) is 5.53. The van der Waals surface area contributed by atoms with E-state index in [2.05, 4.69) is 17.6 Å². The Hall–Kier alpha value is -1.39. The fourth-order valence-electron chi connectivity index (χ4n) is 2.83. The minimum Gasteiger partial charge on any atom is -0.324 e. The first-order chi connectivity index (χ1) is 9.20. The van der Waals surface area contributed by atoms with Gasteiger partial charge < -0.3 is 5.73 Å². The third-order valence-electron chi connectivity index (χ3n) is 4.01. The number of rotatable bonds is 4. The van der Waals surface area contributed by atoms with Crippen molar-refractivity contribution in [3.8, 4) is 0 Å². The molecule has 1 atom stereocenters. The van der Waals surface area contributed by atoms with Gasteiger partial charge in [-0.25, -0.2) is 5.84 Å². The lowest BCUT2D eigenvalue weighted by molar-refractivity contribution is -0.121. The van der Waals surface area contributed by atoms with Gasteiger partial charge in [-0.3, -0.25) is 10.2 Å². The van der Waals surface area contributed by atoms with E-state index in [0.717, 1.165) is 5.56 Å². The van der Waals surface area contributed by atoms with Gasteiger partial charge >= 0.3 is 0 Å². The molecule has 1 amide bonds. The molecule has 1 unspecified atom stereocenters. The zero-order valence-corrected chi connectivity index (χ0v) is 11.3. The minimum atomic E-state index is -0.288. The molecule has 19 heavy (non-hydrogen) atoms. The Morgan fingerprint density at radius 3 is 2.42 bits per heavy atom. The van der Waals surface area contributed by atoms with Crippen molar-refractivity contribution in [1.29, 1.82) is 0 Å². The van der Waals surface area contributed by atoms with Crippen molar-refractivity contribution in [2.75, 3.05) is 0 Å². The van der Waals surface area contributed by atoms with Gasteiger partial charge in [-0.1, -0.05) is 43.5 Å². The summed E-state index contributed by atoms with van der Waals surface area (Å²) >= 11 is 0. The Morgan fingerprint density at radius 2 is 1.84 bits per heavy atom. The van der Waals surface area contributed by atoms with Gasteiger partial charge in [0.15, 0.2) is 0 Å². The van der Waals surface area contributed by atoms with Crippen LogP contribution in [0, 0.1) is 0 Å². The minimum absolute atomic E-state index is 0.222. The molecule has 4 nitrogen and oxygen atoms in total. The van der Waals surface area contributed by atoms with Gasteiger partial charge in [0.1, 0.15) is 0 Å². The lowest BCUT2D eigenvalue weighted by Crippen LogP contribution is -2.32. The van der Waals surface area contributed by atoms with E-state index in [1.807, 2.05) is 12.1 Å². The van der Waals surface area contributed by atoms with Crippen molar-refractivity contribution in [2.45, 2.75) is 50.5 Å². The monoisotopic (exact) mass is 261 g/mol. The van der Waals surface area contributed by atoms with E-state index in [4.69, 9.17) is 11.6 Å². The van der Waals surface area contributed by atoms with E-state index < -0.39 is 0 Å². The number of amides is 1. The summed E-state index contributed by atoms with van der Waals surface area (Å²) in [5.41, 5.74) is 10.5. The van der Waals surface area contributed by atoms with E-state index in [9.17, 15) is 4.79 Å². The second kappa shape index (κ2) is 6.68. The third-order valence-corrected chi connectivity index (χ3v) is 4.01. The number of hydrogen-bond acceptors (Lipinski definition) is 3. The highest BCUT2D eigenvalue weighted by molar-refractivity contribution is 5.76. The number of hydrazine groups is 1. The van der Waals surface area contributed by atoms with Crippen molar-refractivity contribution >= 4 is 5.91 Å². The zero-order chi connectivity index (χ0) is 13.7. The highest BCUT2D eigenvalue weighted by Crippen LogP contribution is 2.32. The van der Waals surface area contributed by atoms with Crippen LogP contribution in [0.2, 0.25) is 0 Å². The van der Waals surface area contributed by atoms with Gasteiger partial charge in [0, 0.05) is 12.5 Å². The number of nitrogens with two attached hydrogens (primary N) is 2. The Bertz CT molecular complexity index is 410. The molecule has 0 saturated heterocycles. The summed E-state index contributed by atoms with van der Waals surface area (Å²) in [6.45, 7) is 0. The highest BCUT2D eigenvalue weighted by Gasteiger charge is 2.16. The molecule has 4 heteroatoms. The standard InChI is InChI=1S/C15H23N3O/c16-14(10-15(19)18-17)13-8-6-12(7-9-13)11-4-2-1-3-5-11/h6-9,11,14H,1-5,10,16-17H2,(H,18,19). The summed E-state index contributed by atoms with van der Waals surface area (Å²) in [4.78, 5) is 11.2. The normalized spacial score (nSPS) is 18.0. The van der Waals surface area contributed by atoms with Crippen LogP contribution >= 0.6 is 0 Å². The van der Waals surface area contributed by atoms with Crippen molar-refractivity contribution in [1.82, 2.24) is 5.43 Å². The highest BCUT2D eigenvalue weighted by atomic mass is 16.2. The number of nitrogens with one attached hydrogen (secondary N) is 1. The number of carbonyl (C=O) groups is 1. The molecule has 0 spiro atoms. The van der Waals surface area contributed by atoms with Crippen molar-refractivity contribution in [3.63, 3.8) is 0 Å². The molecule has 1 aliphatic rings. The van der Waals surface area contributed by atoms with Crippen LogP contribution in [0.5, 0.6) is 0 Å². The van der Waals surface area contributed by atoms with Crippen LogP contribution in [-0.4, -0.2) is 5.91 Å². The van der Waals surface area contributed by atoms with E-state index in [1.54, 1.807) is 0 Å². The smallest absolute Gasteiger partial charge is 0.235 e. The van der Waals surface area contributed by atoms with E-state index in [-0.39, 0.29) is 18.4 Å². The summed E-state index contributed by atoms with van der Waals surface area (Å²) in [6, 6.07) is 8.11. The van der Waals surface area contributed by atoms with Gasteiger partial charge in [-0.05, 0) is 29.9 Å². The molecule has 1 aromatic rings. The molecule has 0 aromatic heterocycles. The molecule has 0 bridgehead atoms. The van der Waals surface area contributed by atoms with Crippen LogP contribution in [0.3, 0.4) is 0 Å². The number of carbonyl (C=O) groups excluding carboxylic acids is 1. The van der Waals surface area contributed by atoms with E-state index in [1.165, 1.54) is 37.7 Å². The first-order valence-corrected chi connectivity index (χ1v) is 7.05. The van der Waals surface area contributed by atoms with Gasteiger partial charge in [0.25, 0.3) is 0 Å². The second-order valence-electron chi connectivity index (χ2n) is 5.38. The van der Waals surface area contributed by atoms with Gasteiger partial charge in [0.05, 0.1) is 0 Å². The molecule has 0 heterocycles. The van der Waals surface area contributed by atoms with Crippen LogP contribution in [0.15, 0.2) is 24.3 Å². The van der Waals surface area contributed by atoms with Crippen molar-refractivity contribution in [3.05, 3.63) is 35.4 Å². The Morgan fingerprint density at radius 1 is 1.21 bits per heavy atom. The van der Waals surface area contributed by atoms with Crippen molar-refractivity contribution < 1.29 is 4.79 Å². The Kier molecular flexibility index (Phi) is 4.93. The molecule has 0 aliphatic heterocycles. The average Bonchev–Trinajstić information content (AvgIpc) is 2.48. The molecule has 1 saturated carbocycles. The zero-order valence-electron chi connectivity index (χ0n) is 11.3. The Balaban J connectivity index is 1.99. The van der Waals surface area contributed by atoms with Gasteiger partial charge in [-0.15, -0.1) is 0 Å². The molecule has 104 valence electrons. The molecular weight excluding hydrogens is 238 g/mol. The topological polar surface area (TPSA) is 81.1 Å². The van der Waals surface area contributed by atoms with Crippen LogP contribution in [0.25, 0.3) is 0 Å². The fourth-order valence-corrected chi connectivity index (χ4v) is 2.83. The van der Waals surface area contributed by atoms with Gasteiger partial charge in [-0.2, -0.15) is 0 Å². The third kappa shape index (κ3) is 3.78. The summed E-state index contributed by atoms with van der Waals surface area (Å²) in [5, 5.41) is 0. The predicted molar refractivity (Wildman–Crippen MR) is 76.1 cm³/mol. The summed E-state index contributed by atoms with van der Waals surface area (Å²) < 4.78 is 0. The van der Waals surface area contributed by atoms with E-state index in [0.29, 0.717) is 5.92 Å². The maximum atomic E-state index is 11.2. The maximum Gasteiger partial charge on any atom is 0.235 e. The summed E-state index contributed by atoms with van der Waals surface area (Å²) in [7, 11) is 0. The quantitative estimate of drug-likeness (QED) is 0.441. The molecule has 1 fully saturated rings. The van der Waals surface area contributed by atoms with Crippen LogP contribution in [0.4, 0.5) is 0 Å². The molecule has 2 rings (SSSR count). The number of hydrogen-bond donors (Lipinski definition) is 3. The summed E-state index contributed by atoms with van der Waals surface area (Å²) in [6.07, 6.45) is 6.85. The molecule has 1 aromatic carbocycles. The Labute approximate surface area is 114 Å². The lowest BCUT2D eigenvalue weighted by atomic mass is 9.83. The number of benzene rings is 1. The molecular formula is C15H23N3O. The largest absolute Gasteiger partial charge is 0.324 e. The van der Waals surface area contributed by atoms with Crippen LogP contribution < -0.4 is 17.0 Å². The second-order valence-corrected chi connectivity index (χ2v) is 5.38.